The molecule has 1 aromatic carbocycles. The normalized spacial score (nSPS) is 13.5. The van der Waals surface area contributed by atoms with Crippen molar-refractivity contribution in [3.63, 3.8) is 0 Å². The number of methoxy groups -OCH3 is 1. The molecule has 1 N–H and O–H groups in total. The summed E-state index contributed by atoms with van der Waals surface area (Å²) in [5, 5.41) is 9.23. The summed E-state index contributed by atoms with van der Waals surface area (Å²) in [4.78, 5) is 0. The minimum atomic E-state index is -5.92. The predicted molar refractivity (Wildman–Crippen MR) is 53.7 cm³/mol. The molecule has 0 unspecified atom stereocenters. The summed E-state index contributed by atoms with van der Waals surface area (Å²) >= 11 is 0. The summed E-state index contributed by atoms with van der Waals surface area (Å²) in [6.07, 6.45) is -11.8. The van der Waals surface area contributed by atoms with Gasteiger partial charge in [-0.1, -0.05) is 12.1 Å². The molecule has 0 saturated carbocycles. The molecule has 0 amide bonds. The number of aliphatic hydroxyl groups is 1. The molecule has 19 heavy (non-hydrogen) atoms. The fourth-order valence-electron chi connectivity index (χ4n) is 1.56. The lowest BCUT2D eigenvalue weighted by molar-refractivity contribution is -0.376. The van der Waals surface area contributed by atoms with Crippen molar-refractivity contribution in [2.45, 2.75) is 24.9 Å². The Morgan fingerprint density at radius 3 is 1.84 bits per heavy atom. The first-order valence-corrected chi connectivity index (χ1v) is 4.96. The molecule has 0 aromatic heterocycles. The van der Waals surface area contributed by atoms with Crippen LogP contribution in [0.25, 0.3) is 0 Å². The third-order valence-corrected chi connectivity index (χ3v) is 2.57. The van der Waals surface area contributed by atoms with E-state index in [1.165, 1.54) is 6.92 Å². The van der Waals surface area contributed by atoms with E-state index >= 15 is 0 Å². The number of hydrogen-bond acceptors (Lipinski definition) is 2. The van der Waals surface area contributed by atoms with E-state index < -0.39 is 29.3 Å². The summed E-state index contributed by atoms with van der Waals surface area (Å²) in [6.45, 7) is 1.46. The van der Waals surface area contributed by atoms with Crippen molar-refractivity contribution in [1.82, 2.24) is 0 Å². The Balaban J connectivity index is 3.61. The van der Waals surface area contributed by atoms with Crippen molar-refractivity contribution in [1.29, 1.82) is 0 Å². The molecule has 0 aliphatic heterocycles. The zero-order valence-corrected chi connectivity index (χ0v) is 9.86. The van der Waals surface area contributed by atoms with Crippen LogP contribution in [0.2, 0.25) is 0 Å². The Bertz CT molecular complexity index is 449. The number of benzene rings is 1. The number of alkyl halides is 6. The second-order valence-electron chi connectivity index (χ2n) is 3.91. The molecule has 0 aliphatic rings. The molecule has 0 fully saturated rings. The molecule has 1 aromatic rings. The van der Waals surface area contributed by atoms with Gasteiger partial charge in [0.1, 0.15) is 5.75 Å². The molecule has 0 saturated heterocycles. The standard InChI is InChI=1S/C11H10F6O2/c1-6-3-4-7(8(5-6)19-2)9(18,10(12,13)14)11(15,16)17/h3-5,18H,1-2H3. The highest BCUT2D eigenvalue weighted by molar-refractivity contribution is 5.43. The maximum atomic E-state index is 12.7. The first-order valence-electron chi connectivity index (χ1n) is 4.96. The summed E-state index contributed by atoms with van der Waals surface area (Å²) in [7, 11) is 0.922. The van der Waals surface area contributed by atoms with E-state index in [-0.39, 0.29) is 0 Å². The van der Waals surface area contributed by atoms with Crippen molar-refractivity contribution < 1.29 is 36.2 Å². The Hall–Kier alpha value is -1.44. The number of rotatable bonds is 2. The third-order valence-electron chi connectivity index (χ3n) is 2.57. The van der Waals surface area contributed by atoms with Gasteiger partial charge < -0.3 is 9.84 Å². The SMILES string of the molecule is COc1cc(C)ccc1C(O)(C(F)(F)F)C(F)(F)F. The van der Waals surface area contributed by atoms with E-state index in [4.69, 9.17) is 0 Å². The maximum Gasteiger partial charge on any atom is 0.430 e. The fraction of sp³-hybridized carbons (Fsp3) is 0.455. The van der Waals surface area contributed by atoms with E-state index in [1.54, 1.807) is 0 Å². The number of ether oxygens (including phenoxy) is 1. The quantitative estimate of drug-likeness (QED) is 0.846. The van der Waals surface area contributed by atoms with E-state index in [1.807, 2.05) is 0 Å². The molecule has 8 heteroatoms. The van der Waals surface area contributed by atoms with Crippen LogP contribution >= 0.6 is 0 Å². The molecule has 0 heterocycles. The Morgan fingerprint density at radius 2 is 1.47 bits per heavy atom. The zero-order valence-electron chi connectivity index (χ0n) is 9.86. The minimum absolute atomic E-state index is 0.396. The molecular formula is C11H10F6O2. The van der Waals surface area contributed by atoms with Crippen LogP contribution in [0.4, 0.5) is 26.3 Å². The van der Waals surface area contributed by atoms with Crippen molar-refractivity contribution in [3.05, 3.63) is 29.3 Å². The van der Waals surface area contributed by atoms with Gasteiger partial charge in [0, 0.05) is 5.56 Å². The molecule has 0 radical (unpaired) electrons. The highest BCUT2D eigenvalue weighted by Crippen LogP contribution is 2.52. The summed E-state index contributed by atoms with van der Waals surface area (Å²) < 4.78 is 80.6. The van der Waals surface area contributed by atoms with Gasteiger partial charge in [0.2, 0.25) is 0 Å². The van der Waals surface area contributed by atoms with Crippen LogP contribution in [0.3, 0.4) is 0 Å². The molecule has 0 spiro atoms. The second-order valence-corrected chi connectivity index (χ2v) is 3.91. The predicted octanol–water partition coefficient (Wildman–Crippen LogP) is 3.32. The molecule has 2 nitrogen and oxygen atoms in total. The lowest BCUT2D eigenvalue weighted by atomic mass is 9.90. The summed E-state index contributed by atoms with van der Waals surface area (Å²) in [5.74, 6) is -0.683. The van der Waals surface area contributed by atoms with E-state index in [2.05, 4.69) is 4.74 Å². The van der Waals surface area contributed by atoms with Crippen molar-refractivity contribution in [3.8, 4) is 5.75 Å². The first-order chi connectivity index (χ1) is 8.45. The lowest BCUT2D eigenvalue weighted by Gasteiger charge is -2.33. The van der Waals surface area contributed by atoms with Gasteiger partial charge in [0.25, 0.3) is 5.60 Å². The van der Waals surface area contributed by atoms with Crippen molar-refractivity contribution >= 4 is 0 Å². The average Bonchev–Trinajstić information content (AvgIpc) is 2.24. The number of aryl methyl sites for hydroxylation is 1. The second kappa shape index (κ2) is 4.59. The van der Waals surface area contributed by atoms with Crippen LogP contribution in [0.15, 0.2) is 18.2 Å². The van der Waals surface area contributed by atoms with E-state index in [0.29, 0.717) is 11.6 Å². The van der Waals surface area contributed by atoms with Gasteiger partial charge in [0.15, 0.2) is 0 Å². The van der Waals surface area contributed by atoms with Gasteiger partial charge in [-0.3, -0.25) is 0 Å². The van der Waals surface area contributed by atoms with Crippen molar-refractivity contribution in [2.24, 2.45) is 0 Å². The van der Waals surface area contributed by atoms with Gasteiger partial charge in [0.05, 0.1) is 7.11 Å². The molecule has 0 atom stereocenters. The average molecular weight is 288 g/mol. The van der Waals surface area contributed by atoms with Gasteiger partial charge in [-0.25, -0.2) is 0 Å². The van der Waals surface area contributed by atoms with Crippen LogP contribution in [0.5, 0.6) is 5.75 Å². The maximum absolute atomic E-state index is 12.7. The van der Waals surface area contributed by atoms with Crippen molar-refractivity contribution in [2.75, 3.05) is 7.11 Å². The third kappa shape index (κ3) is 2.49. The lowest BCUT2D eigenvalue weighted by Crippen LogP contribution is -2.54. The number of halogens is 6. The highest BCUT2D eigenvalue weighted by atomic mass is 19.4. The fourth-order valence-corrected chi connectivity index (χ4v) is 1.56. The van der Waals surface area contributed by atoms with Gasteiger partial charge >= 0.3 is 12.4 Å². The largest absolute Gasteiger partial charge is 0.496 e. The van der Waals surface area contributed by atoms with Gasteiger partial charge in [-0.15, -0.1) is 0 Å². The molecule has 0 bridgehead atoms. The zero-order chi connectivity index (χ0) is 15.1. The molecule has 1 rings (SSSR count). The Morgan fingerprint density at radius 1 is 1.00 bits per heavy atom. The highest BCUT2D eigenvalue weighted by Gasteiger charge is 2.72. The molecule has 0 aliphatic carbocycles. The smallest absolute Gasteiger partial charge is 0.430 e. The van der Waals surface area contributed by atoms with Crippen LogP contribution in [0.1, 0.15) is 11.1 Å². The molecular weight excluding hydrogens is 278 g/mol. The Kier molecular flexibility index (Phi) is 3.77. The van der Waals surface area contributed by atoms with Gasteiger partial charge in [-0.05, 0) is 18.6 Å². The van der Waals surface area contributed by atoms with Crippen LogP contribution in [-0.2, 0) is 5.60 Å². The topological polar surface area (TPSA) is 29.5 Å². The van der Waals surface area contributed by atoms with E-state index in [0.717, 1.165) is 19.2 Å². The van der Waals surface area contributed by atoms with Gasteiger partial charge in [-0.2, -0.15) is 26.3 Å². The van der Waals surface area contributed by atoms with Crippen LogP contribution in [-0.4, -0.2) is 24.6 Å². The summed E-state index contributed by atoms with van der Waals surface area (Å²) in [5.41, 5.74) is -5.97. The van der Waals surface area contributed by atoms with E-state index in [9.17, 15) is 31.4 Å². The first kappa shape index (κ1) is 15.6. The summed E-state index contributed by atoms with van der Waals surface area (Å²) in [6, 6.07) is 2.56. The number of hydrogen-bond donors (Lipinski definition) is 1. The Labute approximate surface area is 104 Å². The molecule has 108 valence electrons. The minimum Gasteiger partial charge on any atom is -0.496 e. The van der Waals surface area contributed by atoms with Crippen LogP contribution in [0, 0.1) is 6.92 Å². The monoisotopic (exact) mass is 288 g/mol. The van der Waals surface area contributed by atoms with Crippen LogP contribution < -0.4 is 4.74 Å².